The van der Waals surface area contributed by atoms with Gasteiger partial charge >= 0.3 is 0 Å². The number of anilines is 2. The molecule has 0 aliphatic rings. The van der Waals surface area contributed by atoms with E-state index in [0.29, 0.717) is 11.3 Å². The van der Waals surface area contributed by atoms with E-state index in [1.807, 2.05) is 12.1 Å². The lowest BCUT2D eigenvalue weighted by Crippen LogP contribution is -2.21. The first kappa shape index (κ1) is 15.8. The Morgan fingerprint density at radius 2 is 1.82 bits per heavy atom. The van der Waals surface area contributed by atoms with E-state index < -0.39 is 0 Å². The quantitative estimate of drug-likeness (QED) is 0.630. The summed E-state index contributed by atoms with van der Waals surface area (Å²) in [5, 5.41) is 14.1. The zero-order valence-electron chi connectivity index (χ0n) is 12.8. The van der Waals surface area contributed by atoms with Crippen molar-refractivity contribution in [1.82, 2.24) is 0 Å². The van der Waals surface area contributed by atoms with E-state index >= 15 is 0 Å². The first-order chi connectivity index (χ1) is 10.6. The maximum absolute atomic E-state index is 12.8. The molecular formula is C17H20FN3O. The molecule has 0 heterocycles. The van der Waals surface area contributed by atoms with Gasteiger partial charge in [0.15, 0.2) is 0 Å². The van der Waals surface area contributed by atoms with Crippen LogP contribution in [0.3, 0.4) is 0 Å². The van der Waals surface area contributed by atoms with Crippen molar-refractivity contribution in [2.24, 2.45) is 5.10 Å². The Hall–Kier alpha value is -2.56. The molecule has 0 aromatic heterocycles. The Kier molecular flexibility index (Phi) is 5.36. The number of benzene rings is 2. The lowest BCUT2D eigenvalue weighted by atomic mass is 10.2. The first-order valence-corrected chi connectivity index (χ1v) is 7.26. The van der Waals surface area contributed by atoms with Crippen molar-refractivity contribution in [3.05, 3.63) is 53.8 Å². The van der Waals surface area contributed by atoms with Gasteiger partial charge < -0.3 is 10.0 Å². The van der Waals surface area contributed by atoms with Gasteiger partial charge in [0.1, 0.15) is 11.6 Å². The van der Waals surface area contributed by atoms with Gasteiger partial charge in [-0.2, -0.15) is 5.10 Å². The van der Waals surface area contributed by atoms with E-state index in [4.69, 9.17) is 0 Å². The van der Waals surface area contributed by atoms with Gasteiger partial charge in [-0.1, -0.05) is 0 Å². The highest BCUT2D eigenvalue weighted by Crippen LogP contribution is 2.23. The summed E-state index contributed by atoms with van der Waals surface area (Å²) in [5.41, 5.74) is 5.06. The number of phenolic OH excluding ortho intramolecular Hbond substituents is 1. The van der Waals surface area contributed by atoms with Gasteiger partial charge in [-0.25, -0.2) is 4.39 Å². The van der Waals surface area contributed by atoms with Crippen LogP contribution in [0, 0.1) is 5.82 Å². The molecule has 0 saturated heterocycles. The zero-order chi connectivity index (χ0) is 15.9. The smallest absolute Gasteiger partial charge is 0.126 e. The van der Waals surface area contributed by atoms with Gasteiger partial charge in [0, 0.05) is 30.4 Å². The Morgan fingerprint density at radius 1 is 1.14 bits per heavy atom. The molecule has 5 heteroatoms. The summed E-state index contributed by atoms with van der Waals surface area (Å²) in [6.07, 6.45) is 1.53. The van der Waals surface area contributed by atoms with E-state index in [2.05, 4.69) is 29.3 Å². The zero-order valence-corrected chi connectivity index (χ0v) is 12.8. The van der Waals surface area contributed by atoms with Crippen LogP contribution in [-0.2, 0) is 0 Å². The Labute approximate surface area is 129 Å². The molecule has 0 aliphatic heterocycles. The summed E-state index contributed by atoms with van der Waals surface area (Å²) < 4.78 is 12.8. The number of phenols is 1. The highest BCUT2D eigenvalue weighted by Gasteiger charge is 2.05. The van der Waals surface area contributed by atoms with Crippen LogP contribution in [0.2, 0.25) is 0 Å². The predicted octanol–water partition coefficient (Wildman–Crippen LogP) is 3.82. The van der Waals surface area contributed by atoms with Crippen molar-refractivity contribution in [2.75, 3.05) is 23.4 Å². The lowest BCUT2D eigenvalue weighted by Gasteiger charge is -2.21. The summed E-state index contributed by atoms with van der Waals surface area (Å²) >= 11 is 0. The Bertz CT molecular complexity index is 637. The van der Waals surface area contributed by atoms with Crippen LogP contribution < -0.4 is 10.3 Å². The van der Waals surface area contributed by atoms with Gasteiger partial charge in [-0.15, -0.1) is 0 Å². The van der Waals surface area contributed by atoms with Crippen molar-refractivity contribution in [3.8, 4) is 5.75 Å². The van der Waals surface area contributed by atoms with E-state index in [-0.39, 0.29) is 11.6 Å². The third kappa shape index (κ3) is 3.97. The van der Waals surface area contributed by atoms with Crippen LogP contribution >= 0.6 is 0 Å². The van der Waals surface area contributed by atoms with Crippen LogP contribution in [0.4, 0.5) is 15.8 Å². The first-order valence-electron chi connectivity index (χ1n) is 7.26. The number of rotatable bonds is 6. The van der Waals surface area contributed by atoms with Crippen molar-refractivity contribution in [1.29, 1.82) is 0 Å². The maximum atomic E-state index is 12.8. The normalized spacial score (nSPS) is 10.9. The molecule has 0 amide bonds. The second-order valence-corrected chi connectivity index (χ2v) is 4.79. The second-order valence-electron chi connectivity index (χ2n) is 4.79. The standard InChI is InChI=1S/C17H20FN3O/c1-3-21(4-2)16-10-5-13(17(22)11-16)12-19-20-15-8-6-14(18)7-9-15/h5-12,20,22H,3-4H2,1-2H3. The summed E-state index contributed by atoms with van der Waals surface area (Å²) in [5.74, 6) is -0.117. The molecule has 0 saturated carbocycles. The third-order valence-corrected chi connectivity index (χ3v) is 3.38. The fraction of sp³-hybridized carbons (Fsp3) is 0.235. The van der Waals surface area contributed by atoms with Crippen molar-refractivity contribution < 1.29 is 9.50 Å². The average molecular weight is 301 g/mol. The number of nitrogens with one attached hydrogen (secondary N) is 1. The molecule has 0 spiro atoms. The predicted molar refractivity (Wildman–Crippen MR) is 89.3 cm³/mol. The monoisotopic (exact) mass is 301 g/mol. The van der Waals surface area contributed by atoms with Crippen molar-refractivity contribution in [3.63, 3.8) is 0 Å². The van der Waals surface area contributed by atoms with Crippen LogP contribution in [0.1, 0.15) is 19.4 Å². The van der Waals surface area contributed by atoms with Crippen LogP contribution in [0.5, 0.6) is 5.75 Å². The largest absolute Gasteiger partial charge is 0.507 e. The molecular weight excluding hydrogens is 281 g/mol. The van der Waals surface area contributed by atoms with Gasteiger partial charge in [0.2, 0.25) is 0 Å². The summed E-state index contributed by atoms with van der Waals surface area (Å²) in [4.78, 5) is 2.15. The molecule has 2 aromatic carbocycles. The van der Waals surface area contributed by atoms with E-state index in [1.54, 1.807) is 18.2 Å². The fourth-order valence-electron chi connectivity index (χ4n) is 2.13. The van der Waals surface area contributed by atoms with Gasteiger partial charge in [0.25, 0.3) is 0 Å². The highest BCUT2D eigenvalue weighted by atomic mass is 19.1. The van der Waals surface area contributed by atoms with Gasteiger partial charge in [-0.05, 0) is 50.2 Å². The molecule has 2 rings (SSSR count). The van der Waals surface area contributed by atoms with E-state index in [1.165, 1.54) is 18.3 Å². The molecule has 0 radical (unpaired) electrons. The summed E-state index contributed by atoms with van der Waals surface area (Å²) in [7, 11) is 0. The van der Waals surface area contributed by atoms with E-state index in [9.17, 15) is 9.50 Å². The summed E-state index contributed by atoms with van der Waals surface area (Å²) in [6.45, 7) is 5.91. The van der Waals surface area contributed by atoms with Crippen molar-refractivity contribution in [2.45, 2.75) is 13.8 Å². The average Bonchev–Trinajstić information content (AvgIpc) is 2.52. The lowest BCUT2D eigenvalue weighted by molar-refractivity contribution is 0.474. The van der Waals surface area contributed by atoms with Gasteiger partial charge in [0.05, 0.1) is 11.9 Å². The fourth-order valence-corrected chi connectivity index (χ4v) is 2.13. The molecule has 2 N–H and O–H groups in total. The molecule has 2 aromatic rings. The van der Waals surface area contributed by atoms with Gasteiger partial charge in [-0.3, -0.25) is 5.43 Å². The molecule has 0 fully saturated rings. The van der Waals surface area contributed by atoms with Crippen LogP contribution in [0.25, 0.3) is 0 Å². The Morgan fingerprint density at radius 3 is 2.41 bits per heavy atom. The number of nitrogens with zero attached hydrogens (tertiary/aromatic N) is 2. The molecule has 22 heavy (non-hydrogen) atoms. The highest BCUT2D eigenvalue weighted by molar-refractivity contribution is 5.85. The number of halogens is 1. The van der Waals surface area contributed by atoms with E-state index in [0.717, 1.165) is 18.8 Å². The van der Waals surface area contributed by atoms with Crippen LogP contribution in [0.15, 0.2) is 47.6 Å². The second kappa shape index (κ2) is 7.45. The minimum atomic E-state index is -0.292. The summed E-state index contributed by atoms with van der Waals surface area (Å²) in [6, 6.07) is 11.4. The molecule has 116 valence electrons. The molecule has 0 atom stereocenters. The molecule has 0 unspecified atom stereocenters. The molecule has 0 bridgehead atoms. The number of hydrogen-bond donors (Lipinski definition) is 2. The number of hydrazone groups is 1. The molecule has 4 nitrogen and oxygen atoms in total. The minimum Gasteiger partial charge on any atom is -0.507 e. The topological polar surface area (TPSA) is 47.9 Å². The molecule has 0 aliphatic carbocycles. The third-order valence-electron chi connectivity index (χ3n) is 3.38. The van der Waals surface area contributed by atoms with Crippen LogP contribution in [-0.4, -0.2) is 24.4 Å². The number of hydrogen-bond acceptors (Lipinski definition) is 4. The number of aromatic hydroxyl groups is 1. The SMILES string of the molecule is CCN(CC)c1ccc(C=NNc2ccc(F)cc2)c(O)c1. The minimum absolute atomic E-state index is 0.175. The Balaban J connectivity index is 2.06. The maximum Gasteiger partial charge on any atom is 0.126 e. The van der Waals surface area contributed by atoms with Crippen molar-refractivity contribution >= 4 is 17.6 Å².